The number of carbonyl (C=O) groups is 1. The van der Waals surface area contributed by atoms with E-state index in [4.69, 9.17) is 13.9 Å². The molecule has 154 valence electrons. The van der Waals surface area contributed by atoms with Gasteiger partial charge < -0.3 is 18.8 Å². The molecule has 0 saturated carbocycles. The first-order chi connectivity index (χ1) is 14.7. The topological polar surface area (TPSA) is 51.9 Å². The van der Waals surface area contributed by atoms with Crippen molar-refractivity contribution in [2.24, 2.45) is 0 Å². The Bertz CT molecular complexity index is 1000. The second kappa shape index (κ2) is 9.78. The molecule has 1 fully saturated rings. The molecule has 4 rings (SSSR count). The number of nitrogens with zero attached hydrogens (tertiary/aromatic N) is 1. The van der Waals surface area contributed by atoms with Crippen LogP contribution in [-0.4, -0.2) is 32.1 Å². The average Bonchev–Trinajstić information content (AvgIpc) is 3.26. The first kappa shape index (κ1) is 20.4. The molecule has 0 aliphatic carbocycles. The number of anilines is 1. The van der Waals surface area contributed by atoms with E-state index >= 15 is 0 Å². The molecule has 1 aliphatic heterocycles. The highest BCUT2D eigenvalue weighted by molar-refractivity contribution is 9.10. The number of rotatable bonds is 7. The number of benzene rings is 2. The van der Waals surface area contributed by atoms with Crippen molar-refractivity contribution >= 4 is 33.5 Å². The van der Waals surface area contributed by atoms with Gasteiger partial charge in [0.05, 0.1) is 13.2 Å². The van der Waals surface area contributed by atoms with Gasteiger partial charge in [-0.15, -0.1) is 0 Å². The number of hydrogen-bond donors (Lipinski definition) is 0. The molecular formula is C24H22BrNO4. The van der Waals surface area contributed by atoms with Crippen LogP contribution in [0.15, 0.2) is 75.6 Å². The largest absolute Gasteiger partial charge is 0.486 e. The van der Waals surface area contributed by atoms with Crippen molar-refractivity contribution in [2.75, 3.05) is 31.2 Å². The fraction of sp³-hybridized carbons (Fsp3) is 0.208. The minimum Gasteiger partial charge on any atom is -0.486 e. The Balaban J connectivity index is 1.32. The molecule has 0 bridgehead atoms. The molecule has 1 aliphatic rings. The molecule has 5 nitrogen and oxygen atoms in total. The van der Waals surface area contributed by atoms with Gasteiger partial charge in [0.25, 0.3) is 0 Å². The van der Waals surface area contributed by atoms with Gasteiger partial charge in [-0.1, -0.05) is 15.9 Å². The van der Waals surface area contributed by atoms with Crippen LogP contribution in [0.25, 0.3) is 6.08 Å². The number of furan rings is 1. The summed E-state index contributed by atoms with van der Waals surface area (Å²) in [6.45, 7) is 3.55. The van der Waals surface area contributed by atoms with Crippen molar-refractivity contribution in [3.05, 3.63) is 88.3 Å². The third-order valence-corrected chi connectivity index (χ3v) is 5.33. The lowest BCUT2D eigenvalue weighted by Gasteiger charge is -2.28. The van der Waals surface area contributed by atoms with Crippen LogP contribution in [0.2, 0.25) is 0 Å². The van der Waals surface area contributed by atoms with E-state index in [1.165, 1.54) is 6.08 Å². The molecule has 2 aromatic carbocycles. The van der Waals surface area contributed by atoms with Crippen molar-refractivity contribution in [2.45, 2.75) is 6.61 Å². The number of ketones is 1. The Hall–Kier alpha value is -2.83. The average molecular weight is 468 g/mol. The van der Waals surface area contributed by atoms with Gasteiger partial charge in [-0.2, -0.15) is 0 Å². The summed E-state index contributed by atoms with van der Waals surface area (Å²) in [5.41, 5.74) is 1.76. The minimum atomic E-state index is -0.0624. The predicted octanol–water partition coefficient (Wildman–Crippen LogP) is 5.35. The molecule has 1 aromatic heterocycles. The SMILES string of the molecule is O=C(/C=C/c1ccc(COc2ccc(Br)cc2)o1)c1ccc(N2CCOCC2)cc1. The highest BCUT2D eigenvalue weighted by atomic mass is 79.9. The summed E-state index contributed by atoms with van der Waals surface area (Å²) in [6, 6.07) is 19.0. The lowest BCUT2D eigenvalue weighted by molar-refractivity contribution is 0.104. The Morgan fingerprint density at radius 1 is 1.00 bits per heavy atom. The Morgan fingerprint density at radius 3 is 2.47 bits per heavy atom. The fourth-order valence-electron chi connectivity index (χ4n) is 3.16. The van der Waals surface area contributed by atoms with Crippen LogP contribution in [0.1, 0.15) is 21.9 Å². The number of allylic oxidation sites excluding steroid dienone is 1. The molecule has 3 aromatic rings. The number of hydrogen-bond acceptors (Lipinski definition) is 5. The maximum atomic E-state index is 12.5. The van der Waals surface area contributed by atoms with Crippen LogP contribution < -0.4 is 9.64 Å². The van der Waals surface area contributed by atoms with E-state index in [0.29, 0.717) is 23.7 Å². The smallest absolute Gasteiger partial charge is 0.185 e. The molecule has 0 radical (unpaired) electrons. The third-order valence-electron chi connectivity index (χ3n) is 4.80. The number of carbonyl (C=O) groups excluding carboxylic acids is 1. The first-order valence-corrected chi connectivity index (χ1v) is 10.6. The monoisotopic (exact) mass is 467 g/mol. The summed E-state index contributed by atoms with van der Waals surface area (Å²) in [7, 11) is 0. The van der Waals surface area contributed by atoms with Crippen molar-refractivity contribution in [1.29, 1.82) is 0 Å². The van der Waals surface area contributed by atoms with E-state index < -0.39 is 0 Å². The Morgan fingerprint density at radius 2 is 1.73 bits per heavy atom. The van der Waals surface area contributed by atoms with Gasteiger partial charge in [0.15, 0.2) is 5.78 Å². The molecule has 0 atom stereocenters. The second-order valence-electron chi connectivity index (χ2n) is 6.89. The number of morpholine rings is 1. The van der Waals surface area contributed by atoms with Crippen molar-refractivity contribution in [3.8, 4) is 5.75 Å². The quantitative estimate of drug-likeness (QED) is 0.346. The highest BCUT2D eigenvalue weighted by Crippen LogP contribution is 2.19. The van der Waals surface area contributed by atoms with Crippen LogP contribution >= 0.6 is 15.9 Å². The first-order valence-electron chi connectivity index (χ1n) is 9.80. The van der Waals surface area contributed by atoms with Crippen LogP contribution in [0.5, 0.6) is 5.75 Å². The van der Waals surface area contributed by atoms with Crippen LogP contribution in [0, 0.1) is 0 Å². The molecule has 0 N–H and O–H groups in total. The number of halogens is 1. The van der Waals surface area contributed by atoms with E-state index in [1.807, 2.05) is 60.7 Å². The Labute approximate surface area is 184 Å². The lowest BCUT2D eigenvalue weighted by atomic mass is 10.1. The standard InChI is InChI=1S/C24H22BrNO4/c25-19-3-7-21(8-4-19)29-17-23-10-9-22(30-23)11-12-24(27)18-1-5-20(6-2-18)26-13-15-28-16-14-26/h1-12H,13-17H2/b12-11+. The van der Waals surface area contributed by atoms with E-state index in [0.717, 1.165) is 42.2 Å². The third kappa shape index (κ3) is 5.40. The van der Waals surface area contributed by atoms with Gasteiger partial charge in [0.1, 0.15) is 23.9 Å². The zero-order valence-electron chi connectivity index (χ0n) is 16.4. The second-order valence-corrected chi connectivity index (χ2v) is 7.81. The van der Waals surface area contributed by atoms with E-state index in [1.54, 1.807) is 6.08 Å². The molecule has 0 amide bonds. The lowest BCUT2D eigenvalue weighted by Crippen LogP contribution is -2.36. The van der Waals surface area contributed by atoms with Crippen LogP contribution in [-0.2, 0) is 11.3 Å². The van der Waals surface area contributed by atoms with E-state index in [-0.39, 0.29) is 5.78 Å². The summed E-state index contributed by atoms with van der Waals surface area (Å²) in [5, 5.41) is 0. The van der Waals surface area contributed by atoms with E-state index in [9.17, 15) is 4.79 Å². The molecule has 0 unspecified atom stereocenters. The molecule has 2 heterocycles. The predicted molar refractivity (Wildman–Crippen MR) is 120 cm³/mol. The molecular weight excluding hydrogens is 446 g/mol. The van der Waals surface area contributed by atoms with Crippen LogP contribution in [0.3, 0.4) is 0 Å². The fourth-order valence-corrected chi connectivity index (χ4v) is 3.42. The van der Waals surface area contributed by atoms with Gasteiger partial charge in [0, 0.05) is 28.8 Å². The van der Waals surface area contributed by atoms with Gasteiger partial charge in [0.2, 0.25) is 0 Å². The van der Waals surface area contributed by atoms with Crippen LogP contribution in [0.4, 0.5) is 5.69 Å². The maximum absolute atomic E-state index is 12.5. The van der Waals surface area contributed by atoms with E-state index in [2.05, 4.69) is 20.8 Å². The summed E-state index contributed by atoms with van der Waals surface area (Å²) in [5.74, 6) is 2.01. The normalized spacial score (nSPS) is 14.2. The maximum Gasteiger partial charge on any atom is 0.185 e. The van der Waals surface area contributed by atoms with Gasteiger partial charge in [-0.05, 0) is 72.8 Å². The number of ether oxygens (including phenoxy) is 2. The molecule has 0 spiro atoms. The molecule has 1 saturated heterocycles. The van der Waals surface area contributed by atoms with Crippen molar-refractivity contribution in [3.63, 3.8) is 0 Å². The summed E-state index contributed by atoms with van der Waals surface area (Å²) in [4.78, 5) is 14.7. The minimum absolute atomic E-state index is 0.0624. The Kier molecular flexibility index (Phi) is 6.67. The zero-order valence-corrected chi connectivity index (χ0v) is 18.0. The summed E-state index contributed by atoms with van der Waals surface area (Å²) < 4.78 is 17.8. The molecule has 6 heteroatoms. The van der Waals surface area contributed by atoms with Gasteiger partial charge >= 0.3 is 0 Å². The van der Waals surface area contributed by atoms with Gasteiger partial charge in [-0.25, -0.2) is 0 Å². The highest BCUT2D eigenvalue weighted by Gasteiger charge is 2.11. The summed E-state index contributed by atoms with van der Waals surface area (Å²) in [6.07, 6.45) is 3.21. The van der Waals surface area contributed by atoms with Gasteiger partial charge in [-0.3, -0.25) is 4.79 Å². The van der Waals surface area contributed by atoms with Crippen molar-refractivity contribution in [1.82, 2.24) is 0 Å². The molecule has 30 heavy (non-hydrogen) atoms. The summed E-state index contributed by atoms with van der Waals surface area (Å²) >= 11 is 3.40. The zero-order chi connectivity index (χ0) is 20.8. The van der Waals surface area contributed by atoms with Crippen molar-refractivity contribution < 1.29 is 18.7 Å².